The van der Waals surface area contributed by atoms with Gasteiger partial charge in [0.05, 0.1) is 0 Å². The lowest BCUT2D eigenvalue weighted by molar-refractivity contribution is -0.112. The Morgan fingerprint density at radius 2 is 1.94 bits per heavy atom. The minimum absolute atomic E-state index is 0.00713. The topological polar surface area (TPSA) is 17.1 Å². The van der Waals surface area contributed by atoms with E-state index in [1.54, 1.807) is 6.08 Å². The van der Waals surface area contributed by atoms with Crippen molar-refractivity contribution in [3.63, 3.8) is 0 Å². The van der Waals surface area contributed by atoms with E-state index in [0.29, 0.717) is 11.8 Å². The number of allylic oxidation sites excluding steroid dienone is 4. The molecular formula is C15H24O. The summed E-state index contributed by atoms with van der Waals surface area (Å²) in [4.78, 5) is 12.2. The van der Waals surface area contributed by atoms with Crippen molar-refractivity contribution in [2.75, 3.05) is 0 Å². The van der Waals surface area contributed by atoms with Crippen LogP contribution < -0.4 is 0 Å². The number of rotatable bonds is 2. The molecule has 0 radical (unpaired) electrons. The molecule has 0 fully saturated rings. The summed E-state index contributed by atoms with van der Waals surface area (Å²) in [7, 11) is 0. The molecule has 0 aromatic heterocycles. The molecule has 0 N–H and O–H groups in total. The predicted octanol–water partition coefficient (Wildman–Crippen LogP) is 4.15. The van der Waals surface area contributed by atoms with Crippen LogP contribution in [-0.4, -0.2) is 5.78 Å². The van der Waals surface area contributed by atoms with Crippen molar-refractivity contribution < 1.29 is 4.79 Å². The zero-order chi connectivity index (χ0) is 12.5. The number of hydrogen-bond acceptors (Lipinski definition) is 1. The van der Waals surface area contributed by atoms with Gasteiger partial charge in [-0.25, -0.2) is 0 Å². The maximum Gasteiger partial charge on any atom is 0.181 e. The summed E-state index contributed by atoms with van der Waals surface area (Å²) >= 11 is 0. The lowest BCUT2D eigenvalue weighted by Crippen LogP contribution is -2.35. The summed E-state index contributed by atoms with van der Waals surface area (Å²) < 4.78 is 0. The van der Waals surface area contributed by atoms with Gasteiger partial charge in [0, 0.05) is 5.57 Å². The summed E-state index contributed by atoms with van der Waals surface area (Å²) in [5.74, 6) is 1.30. The van der Waals surface area contributed by atoms with E-state index in [1.807, 2.05) is 13.0 Å². The van der Waals surface area contributed by atoms with Crippen molar-refractivity contribution in [1.29, 1.82) is 0 Å². The fourth-order valence-electron chi connectivity index (χ4n) is 2.75. The largest absolute Gasteiger partial charge is 0.290 e. The van der Waals surface area contributed by atoms with E-state index in [4.69, 9.17) is 0 Å². The Bertz CT molecular complexity index is 344. The average Bonchev–Trinajstić information content (AvgIpc) is 2.15. The zero-order valence-corrected chi connectivity index (χ0v) is 11.4. The summed E-state index contributed by atoms with van der Waals surface area (Å²) in [6, 6.07) is 0. The maximum atomic E-state index is 12.2. The van der Waals surface area contributed by atoms with Crippen molar-refractivity contribution >= 4 is 5.78 Å². The number of carbonyl (C=O) groups is 1. The van der Waals surface area contributed by atoms with Crippen LogP contribution in [0.15, 0.2) is 23.3 Å². The molecule has 0 saturated carbocycles. The third-order valence-electron chi connectivity index (χ3n) is 4.28. The molecule has 1 aliphatic carbocycles. The highest BCUT2D eigenvalue weighted by atomic mass is 16.1. The molecule has 1 nitrogen and oxygen atoms in total. The van der Waals surface area contributed by atoms with Gasteiger partial charge < -0.3 is 0 Å². The summed E-state index contributed by atoms with van der Waals surface area (Å²) in [5, 5.41) is 0. The van der Waals surface area contributed by atoms with E-state index in [9.17, 15) is 4.79 Å². The highest BCUT2D eigenvalue weighted by Gasteiger charge is 2.39. The Kier molecular flexibility index (Phi) is 3.77. The van der Waals surface area contributed by atoms with Crippen LogP contribution in [0.3, 0.4) is 0 Å². The normalized spacial score (nSPS) is 29.9. The lowest BCUT2D eigenvalue weighted by Gasteiger charge is -2.41. The zero-order valence-electron chi connectivity index (χ0n) is 11.4. The fourth-order valence-corrected chi connectivity index (χ4v) is 2.75. The first-order valence-electron chi connectivity index (χ1n) is 6.20. The molecule has 2 unspecified atom stereocenters. The molecule has 0 saturated heterocycles. The Labute approximate surface area is 99.6 Å². The number of carbonyl (C=O) groups excluding carboxylic acids is 1. The highest BCUT2D eigenvalue weighted by molar-refractivity contribution is 6.05. The predicted molar refractivity (Wildman–Crippen MR) is 69.2 cm³/mol. The monoisotopic (exact) mass is 220 g/mol. The van der Waals surface area contributed by atoms with E-state index in [2.05, 4.69) is 34.6 Å². The second-order valence-electron chi connectivity index (χ2n) is 5.68. The molecule has 1 rings (SSSR count). The second kappa shape index (κ2) is 4.57. The summed E-state index contributed by atoms with van der Waals surface area (Å²) in [6.07, 6.45) is 4.72. The van der Waals surface area contributed by atoms with Crippen LogP contribution in [0.4, 0.5) is 0 Å². The molecule has 0 aromatic rings. The minimum Gasteiger partial charge on any atom is -0.290 e. The van der Waals surface area contributed by atoms with Crippen LogP contribution in [0, 0.1) is 17.3 Å². The number of ketones is 1. The first kappa shape index (κ1) is 13.2. The Morgan fingerprint density at radius 1 is 1.38 bits per heavy atom. The smallest absolute Gasteiger partial charge is 0.181 e. The molecule has 0 amide bonds. The molecule has 1 aliphatic rings. The van der Waals surface area contributed by atoms with Gasteiger partial charge in [-0.05, 0) is 43.6 Å². The van der Waals surface area contributed by atoms with E-state index in [-0.39, 0.29) is 11.2 Å². The first-order valence-corrected chi connectivity index (χ1v) is 6.20. The molecule has 0 spiro atoms. The quantitative estimate of drug-likeness (QED) is 0.639. The van der Waals surface area contributed by atoms with E-state index in [1.165, 1.54) is 12.0 Å². The van der Waals surface area contributed by atoms with E-state index < -0.39 is 0 Å². The van der Waals surface area contributed by atoms with Crippen molar-refractivity contribution in [1.82, 2.24) is 0 Å². The van der Waals surface area contributed by atoms with Crippen molar-refractivity contribution in [3.05, 3.63) is 23.3 Å². The van der Waals surface area contributed by atoms with Gasteiger partial charge in [0.25, 0.3) is 0 Å². The highest BCUT2D eigenvalue weighted by Crippen LogP contribution is 2.46. The van der Waals surface area contributed by atoms with Gasteiger partial charge in [-0.15, -0.1) is 0 Å². The SMILES string of the molecule is C/C=C/C(=O)C1=C(C)C(C)CC(C)C1(C)C. The van der Waals surface area contributed by atoms with Crippen LogP contribution in [0.5, 0.6) is 0 Å². The molecule has 0 heterocycles. The van der Waals surface area contributed by atoms with Crippen LogP contribution in [-0.2, 0) is 4.79 Å². The van der Waals surface area contributed by atoms with Crippen molar-refractivity contribution in [3.8, 4) is 0 Å². The number of hydrogen-bond donors (Lipinski definition) is 0. The summed E-state index contributed by atoms with van der Waals surface area (Å²) in [5.41, 5.74) is 2.33. The van der Waals surface area contributed by atoms with Crippen LogP contribution in [0.2, 0.25) is 0 Å². The minimum atomic E-state index is 0.00713. The molecule has 0 bridgehead atoms. The Balaban J connectivity index is 3.27. The van der Waals surface area contributed by atoms with Gasteiger partial charge in [0.15, 0.2) is 5.78 Å². The van der Waals surface area contributed by atoms with Gasteiger partial charge in [-0.1, -0.05) is 39.3 Å². The van der Waals surface area contributed by atoms with E-state index in [0.717, 1.165) is 5.57 Å². The third kappa shape index (κ3) is 2.14. The standard InChI is InChI=1S/C15H24O/c1-7-8-13(16)14-12(4)10(2)9-11(3)15(14,5)6/h7-8,10-11H,9H2,1-6H3/b8-7+. The van der Waals surface area contributed by atoms with Crippen molar-refractivity contribution in [2.24, 2.45) is 17.3 Å². The average molecular weight is 220 g/mol. The molecule has 16 heavy (non-hydrogen) atoms. The first-order chi connectivity index (χ1) is 7.32. The summed E-state index contributed by atoms with van der Waals surface area (Å²) in [6.45, 7) is 12.9. The van der Waals surface area contributed by atoms with E-state index >= 15 is 0 Å². The Hall–Kier alpha value is -0.850. The van der Waals surface area contributed by atoms with Gasteiger partial charge in [-0.2, -0.15) is 0 Å². The maximum absolute atomic E-state index is 12.2. The fraction of sp³-hybridized carbons (Fsp3) is 0.667. The van der Waals surface area contributed by atoms with Gasteiger partial charge >= 0.3 is 0 Å². The van der Waals surface area contributed by atoms with Crippen LogP contribution in [0.1, 0.15) is 48.0 Å². The van der Waals surface area contributed by atoms with Gasteiger partial charge in [0.2, 0.25) is 0 Å². The van der Waals surface area contributed by atoms with Crippen LogP contribution in [0.25, 0.3) is 0 Å². The molecule has 90 valence electrons. The Morgan fingerprint density at radius 3 is 2.44 bits per heavy atom. The third-order valence-corrected chi connectivity index (χ3v) is 4.28. The molecule has 0 aromatic carbocycles. The van der Waals surface area contributed by atoms with Gasteiger partial charge in [-0.3, -0.25) is 4.79 Å². The van der Waals surface area contributed by atoms with Gasteiger partial charge in [0.1, 0.15) is 0 Å². The lowest BCUT2D eigenvalue weighted by atomic mass is 9.62. The van der Waals surface area contributed by atoms with Crippen molar-refractivity contribution in [2.45, 2.75) is 48.0 Å². The molecule has 0 aliphatic heterocycles. The molecule has 2 atom stereocenters. The molecular weight excluding hydrogens is 196 g/mol. The molecule has 1 heteroatoms. The van der Waals surface area contributed by atoms with Crippen LogP contribution >= 0.6 is 0 Å². The second-order valence-corrected chi connectivity index (χ2v) is 5.68.